The Bertz CT molecular complexity index is 941. The molecule has 0 radical (unpaired) electrons. The van der Waals surface area contributed by atoms with E-state index >= 15 is 0 Å². The van der Waals surface area contributed by atoms with Crippen molar-refractivity contribution in [3.05, 3.63) is 71.1 Å². The first-order valence-electron chi connectivity index (χ1n) is 8.00. The van der Waals surface area contributed by atoms with Gasteiger partial charge in [-0.05, 0) is 59.7 Å². The molecular formula is C18H17F2N5O. The molecule has 2 aromatic carbocycles. The molecule has 0 fully saturated rings. The number of hydrogen-bond acceptors (Lipinski definition) is 4. The summed E-state index contributed by atoms with van der Waals surface area (Å²) in [6, 6.07) is 9.60. The molecule has 1 aromatic heterocycles. The van der Waals surface area contributed by atoms with Gasteiger partial charge < -0.3 is 5.32 Å². The Morgan fingerprint density at radius 2 is 2.00 bits per heavy atom. The Morgan fingerprint density at radius 1 is 1.19 bits per heavy atom. The van der Waals surface area contributed by atoms with Crippen LogP contribution in [-0.4, -0.2) is 26.1 Å². The van der Waals surface area contributed by atoms with Crippen molar-refractivity contribution in [2.24, 2.45) is 0 Å². The van der Waals surface area contributed by atoms with Crippen LogP contribution in [0.4, 0.5) is 14.5 Å². The minimum Gasteiger partial charge on any atom is -0.324 e. The maximum atomic E-state index is 13.7. The number of rotatable bonds is 5. The molecule has 1 atom stereocenters. The highest BCUT2D eigenvalue weighted by Crippen LogP contribution is 2.20. The predicted octanol–water partition coefficient (Wildman–Crippen LogP) is 2.99. The van der Waals surface area contributed by atoms with Gasteiger partial charge in [-0.1, -0.05) is 18.2 Å². The molecular weight excluding hydrogens is 340 g/mol. The number of amides is 1. The van der Waals surface area contributed by atoms with Crippen LogP contribution in [0, 0.1) is 25.5 Å². The maximum absolute atomic E-state index is 13.7. The highest BCUT2D eigenvalue weighted by Gasteiger charge is 2.24. The molecule has 1 N–H and O–H groups in total. The van der Waals surface area contributed by atoms with Gasteiger partial charge >= 0.3 is 0 Å². The summed E-state index contributed by atoms with van der Waals surface area (Å²) >= 11 is 0. The first-order chi connectivity index (χ1) is 12.4. The van der Waals surface area contributed by atoms with Crippen LogP contribution < -0.4 is 5.32 Å². The molecule has 0 bridgehead atoms. The zero-order valence-corrected chi connectivity index (χ0v) is 14.3. The first kappa shape index (κ1) is 17.7. The molecule has 26 heavy (non-hydrogen) atoms. The monoisotopic (exact) mass is 357 g/mol. The standard InChI is InChI=1S/C18H17F2N5O/c1-11-6-7-15(10-16(11)20)21-18(26)17(25-12(2)22-23-24-25)9-13-4-3-5-14(19)8-13/h3-8,10,17H,9H2,1-2H3,(H,21,26)/t17-/m1/s1. The summed E-state index contributed by atoms with van der Waals surface area (Å²) in [5.74, 6) is -0.789. The van der Waals surface area contributed by atoms with Crippen LogP contribution in [-0.2, 0) is 11.2 Å². The van der Waals surface area contributed by atoms with Crippen LogP contribution in [0.3, 0.4) is 0 Å². The van der Waals surface area contributed by atoms with Gasteiger partial charge in [-0.2, -0.15) is 0 Å². The average Bonchev–Trinajstić information content (AvgIpc) is 3.02. The number of hydrogen-bond donors (Lipinski definition) is 1. The SMILES string of the molecule is Cc1ccc(NC(=O)[C@@H](Cc2cccc(F)c2)n2nnnc2C)cc1F. The molecule has 0 aliphatic heterocycles. The summed E-state index contributed by atoms with van der Waals surface area (Å²) < 4.78 is 28.6. The molecule has 0 unspecified atom stereocenters. The van der Waals surface area contributed by atoms with Gasteiger partial charge in [-0.15, -0.1) is 5.10 Å². The fraction of sp³-hybridized carbons (Fsp3) is 0.222. The fourth-order valence-corrected chi connectivity index (χ4v) is 2.60. The van der Waals surface area contributed by atoms with E-state index in [0.717, 1.165) is 0 Å². The largest absolute Gasteiger partial charge is 0.324 e. The Hall–Kier alpha value is -3.16. The van der Waals surface area contributed by atoms with Crippen molar-refractivity contribution in [1.29, 1.82) is 0 Å². The molecule has 3 rings (SSSR count). The third-order valence-electron chi connectivity index (χ3n) is 4.01. The van der Waals surface area contributed by atoms with E-state index in [4.69, 9.17) is 0 Å². The Balaban J connectivity index is 1.88. The van der Waals surface area contributed by atoms with Crippen molar-refractivity contribution in [3.8, 4) is 0 Å². The molecule has 0 aliphatic rings. The van der Waals surface area contributed by atoms with E-state index in [1.165, 1.54) is 22.9 Å². The van der Waals surface area contributed by atoms with E-state index in [9.17, 15) is 13.6 Å². The number of benzene rings is 2. The average molecular weight is 357 g/mol. The van der Waals surface area contributed by atoms with Crippen LogP contribution in [0.25, 0.3) is 0 Å². The maximum Gasteiger partial charge on any atom is 0.249 e. The van der Waals surface area contributed by atoms with E-state index in [0.29, 0.717) is 22.6 Å². The van der Waals surface area contributed by atoms with Crippen LogP contribution in [0.2, 0.25) is 0 Å². The summed E-state index contributed by atoms with van der Waals surface area (Å²) in [6.07, 6.45) is 0.184. The second-order valence-electron chi connectivity index (χ2n) is 5.97. The van der Waals surface area contributed by atoms with Crippen molar-refractivity contribution in [1.82, 2.24) is 20.2 Å². The van der Waals surface area contributed by atoms with Crippen LogP contribution in [0.15, 0.2) is 42.5 Å². The summed E-state index contributed by atoms with van der Waals surface area (Å²) in [4.78, 5) is 12.8. The van der Waals surface area contributed by atoms with Crippen LogP contribution in [0.1, 0.15) is 23.0 Å². The van der Waals surface area contributed by atoms with Gasteiger partial charge in [0.1, 0.15) is 23.5 Å². The topological polar surface area (TPSA) is 72.7 Å². The number of aryl methyl sites for hydroxylation is 2. The lowest BCUT2D eigenvalue weighted by molar-refractivity contribution is -0.119. The summed E-state index contributed by atoms with van der Waals surface area (Å²) in [5.41, 5.74) is 1.43. The molecule has 3 aromatic rings. The molecule has 1 amide bonds. The normalized spacial score (nSPS) is 12.0. The van der Waals surface area contributed by atoms with Gasteiger partial charge in [0, 0.05) is 12.1 Å². The van der Waals surface area contributed by atoms with Crippen molar-refractivity contribution in [3.63, 3.8) is 0 Å². The molecule has 1 heterocycles. The van der Waals surface area contributed by atoms with Crippen molar-refractivity contribution in [2.45, 2.75) is 26.3 Å². The lowest BCUT2D eigenvalue weighted by Gasteiger charge is -2.18. The van der Waals surface area contributed by atoms with Gasteiger partial charge in [0.2, 0.25) is 5.91 Å². The van der Waals surface area contributed by atoms with E-state index in [1.54, 1.807) is 38.1 Å². The predicted molar refractivity (Wildman–Crippen MR) is 91.5 cm³/mol. The van der Waals surface area contributed by atoms with Crippen molar-refractivity contribution >= 4 is 11.6 Å². The van der Waals surface area contributed by atoms with Gasteiger partial charge in [-0.25, -0.2) is 13.5 Å². The van der Waals surface area contributed by atoms with Gasteiger partial charge in [0.25, 0.3) is 0 Å². The number of carbonyl (C=O) groups is 1. The number of halogens is 2. The Labute approximate surface area is 148 Å². The highest BCUT2D eigenvalue weighted by atomic mass is 19.1. The number of nitrogens with one attached hydrogen (secondary N) is 1. The molecule has 6 nitrogen and oxygen atoms in total. The number of carbonyl (C=O) groups excluding carboxylic acids is 1. The first-order valence-corrected chi connectivity index (χ1v) is 8.00. The van der Waals surface area contributed by atoms with Gasteiger partial charge in [0.05, 0.1) is 0 Å². The third kappa shape index (κ3) is 3.90. The molecule has 0 aliphatic carbocycles. The molecule has 0 saturated heterocycles. The minimum atomic E-state index is -0.809. The molecule has 0 spiro atoms. The highest BCUT2D eigenvalue weighted by molar-refractivity contribution is 5.93. The molecule has 0 saturated carbocycles. The van der Waals surface area contributed by atoms with E-state index in [1.807, 2.05) is 0 Å². The van der Waals surface area contributed by atoms with Gasteiger partial charge in [0.15, 0.2) is 0 Å². The number of nitrogens with zero attached hydrogens (tertiary/aromatic N) is 4. The zero-order valence-electron chi connectivity index (χ0n) is 14.3. The second kappa shape index (κ2) is 7.38. The van der Waals surface area contributed by atoms with E-state index in [-0.39, 0.29) is 6.42 Å². The summed E-state index contributed by atoms with van der Waals surface area (Å²) in [5, 5.41) is 13.9. The van der Waals surface area contributed by atoms with Crippen LogP contribution in [0.5, 0.6) is 0 Å². The zero-order chi connectivity index (χ0) is 18.7. The second-order valence-corrected chi connectivity index (χ2v) is 5.97. The minimum absolute atomic E-state index is 0.184. The lowest BCUT2D eigenvalue weighted by atomic mass is 10.0. The van der Waals surface area contributed by atoms with Crippen molar-refractivity contribution in [2.75, 3.05) is 5.32 Å². The smallest absolute Gasteiger partial charge is 0.249 e. The summed E-state index contributed by atoms with van der Waals surface area (Å²) in [7, 11) is 0. The third-order valence-corrected chi connectivity index (χ3v) is 4.01. The number of anilines is 1. The van der Waals surface area contributed by atoms with Crippen molar-refractivity contribution < 1.29 is 13.6 Å². The van der Waals surface area contributed by atoms with Crippen LogP contribution >= 0.6 is 0 Å². The Morgan fingerprint density at radius 3 is 2.65 bits per heavy atom. The molecule has 134 valence electrons. The lowest BCUT2D eigenvalue weighted by Crippen LogP contribution is -2.29. The number of aromatic nitrogens is 4. The van der Waals surface area contributed by atoms with E-state index in [2.05, 4.69) is 20.8 Å². The van der Waals surface area contributed by atoms with E-state index < -0.39 is 23.6 Å². The Kier molecular flexibility index (Phi) is 5.01. The summed E-state index contributed by atoms with van der Waals surface area (Å²) in [6.45, 7) is 3.30. The quantitative estimate of drug-likeness (QED) is 0.762. The van der Waals surface area contributed by atoms with Gasteiger partial charge in [-0.3, -0.25) is 4.79 Å². The molecule has 8 heteroatoms. The fourth-order valence-electron chi connectivity index (χ4n) is 2.60. The number of tetrazole rings is 1.